The van der Waals surface area contributed by atoms with Crippen molar-refractivity contribution in [3.63, 3.8) is 0 Å². The van der Waals surface area contributed by atoms with Crippen LogP contribution >= 0.6 is 0 Å². The Morgan fingerprint density at radius 1 is 1.11 bits per heavy atom. The van der Waals surface area contributed by atoms with Gasteiger partial charge in [-0.05, 0) is 29.5 Å². The van der Waals surface area contributed by atoms with Gasteiger partial charge in [0.05, 0.1) is 23.5 Å². The van der Waals surface area contributed by atoms with Gasteiger partial charge in [-0.25, -0.2) is 14.3 Å². The van der Waals surface area contributed by atoms with Gasteiger partial charge >= 0.3 is 19.3 Å². The average Bonchev–Trinajstić information content (AvgIpc) is 3.73. The lowest BCUT2D eigenvalue weighted by Gasteiger charge is -2.37. The van der Waals surface area contributed by atoms with Crippen LogP contribution in [0.3, 0.4) is 0 Å². The Morgan fingerprint density at radius 2 is 1.91 bits per heavy atom. The van der Waals surface area contributed by atoms with Gasteiger partial charge in [0.1, 0.15) is 29.3 Å². The number of hydrogen-bond donors (Lipinski definition) is 3. The predicted molar refractivity (Wildman–Crippen MR) is 150 cm³/mol. The SMILES string of the molecule is O=C(O)NCCN1CC(n2nnc(Cn3cc(NC(=O)c4cnn5cccnc45)c(-c4cc(OC(F)F)ccc4OC(F)F)n3)n2)C1. The highest BCUT2D eigenvalue weighted by Gasteiger charge is 2.30. The molecule has 1 fully saturated rings. The van der Waals surface area contributed by atoms with E-state index in [-0.39, 0.29) is 58.9 Å². The largest absolute Gasteiger partial charge is 0.465 e. The molecule has 1 aliphatic heterocycles. The topological polar surface area (TPSA) is 192 Å². The van der Waals surface area contributed by atoms with Gasteiger partial charge in [-0.15, -0.1) is 10.2 Å². The predicted octanol–water partition coefficient (Wildman–Crippen LogP) is 2.21. The van der Waals surface area contributed by atoms with Crippen LogP contribution in [-0.2, 0) is 6.54 Å². The maximum atomic E-state index is 13.4. The van der Waals surface area contributed by atoms with Gasteiger partial charge in [0.15, 0.2) is 11.5 Å². The van der Waals surface area contributed by atoms with E-state index in [2.05, 4.69) is 50.7 Å². The molecule has 6 rings (SSSR count). The molecule has 0 spiro atoms. The fourth-order valence-electron chi connectivity index (χ4n) is 4.85. The first kappa shape index (κ1) is 31.1. The lowest BCUT2D eigenvalue weighted by molar-refractivity contribution is -0.0526. The van der Waals surface area contributed by atoms with Crippen LogP contribution in [0.25, 0.3) is 16.9 Å². The number of tetrazole rings is 1. The molecule has 0 bridgehead atoms. The van der Waals surface area contributed by atoms with Crippen molar-refractivity contribution in [2.45, 2.75) is 25.8 Å². The van der Waals surface area contributed by atoms with E-state index < -0.39 is 31.0 Å². The molecule has 1 aromatic carbocycles. The van der Waals surface area contributed by atoms with Gasteiger partial charge in [0.2, 0.25) is 0 Å². The van der Waals surface area contributed by atoms with Crippen LogP contribution in [0.4, 0.5) is 28.0 Å². The number of carbonyl (C=O) groups excluding carboxylic acids is 1. The third kappa shape index (κ3) is 7.19. The number of likely N-dealkylation sites (tertiary alicyclic amines) is 1. The summed E-state index contributed by atoms with van der Waals surface area (Å²) in [5, 5.41) is 34.7. The highest BCUT2D eigenvalue weighted by molar-refractivity contribution is 6.09. The Morgan fingerprint density at radius 3 is 2.68 bits per heavy atom. The molecule has 3 N–H and O–H groups in total. The number of nitrogens with zero attached hydrogens (tertiary/aromatic N) is 10. The van der Waals surface area contributed by atoms with Crippen LogP contribution in [-0.4, -0.2) is 106 Å². The molecule has 4 aromatic heterocycles. The number of carbonyl (C=O) groups is 2. The van der Waals surface area contributed by atoms with Crippen molar-refractivity contribution in [2.75, 3.05) is 31.5 Å². The first-order valence-corrected chi connectivity index (χ1v) is 13.8. The van der Waals surface area contributed by atoms with Crippen molar-refractivity contribution in [3.05, 3.63) is 60.4 Å². The molecular formula is C26H24F4N12O5. The van der Waals surface area contributed by atoms with E-state index >= 15 is 0 Å². The van der Waals surface area contributed by atoms with Crippen LogP contribution in [0.5, 0.6) is 11.5 Å². The van der Waals surface area contributed by atoms with Gasteiger partial charge in [-0.2, -0.15) is 32.6 Å². The summed E-state index contributed by atoms with van der Waals surface area (Å²) in [6, 6.07) is 4.60. The molecule has 0 saturated carbocycles. The second-order valence-electron chi connectivity index (χ2n) is 10.1. The molecule has 0 radical (unpaired) electrons. The molecule has 0 unspecified atom stereocenters. The summed E-state index contributed by atoms with van der Waals surface area (Å²) in [6.45, 7) is -4.63. The van der Waals surface area contributed by atoms with Crippen LogP contribution in [0.15, 0.2) is 49.1 Å². The van der Waals surface area contributed by atoms with E-state index in [0.29, 0.717) is 19.6 Å². The first-order chi connectivity index (χ1) is 22.6. The number of rotatable bonds is 13. The third-order valence-corrected chi connectivity index (χ3v) is 6.92. The summed E-state index contributed by atoms with van der Waals surface area (Å²) in [4.78, 5) is 31.6. The minimum atomic E-state index is -3.27. The summed E-state index contributed by atoms with van der Waals surface area (Å²) in [6.07, 6.45) is 4.62. The van der Waals surface area contributed by atoms with E-state index in [1.807, 2.05) is 4.90 Å². The van der Waals surface area contributed by atoms with Gasteiger partial charge in [-0.3, -0.25) is 14.4 Å². The molecule has 17 nitrogen and oxygen atoms in total. The molecule has 1 aliphatic rings. The molecule has 5 aromatic rings. The van der Waals surface area contributed by atoms with Crippen LogP contribution in [0.1, 0.15) is 22.2 Å². The summed E-state index contributed by atoms with van der Waals surface area (Å²) >= 11 is 0. The van der Waals surface area contributed by atoms with Gasteiger partial charge in [0.25, 0.3) is 5.91 Å². The van der Waals surface area contributed by atoms with Crippen LogP contribution in [0.2, 0.25) is 0 Å². The second-order valence-corrected chi connectivity index (χ2v) is 10.1. The van der Waals surface area contributed by atoms with Crippen molar-refractivity contribution in [1.82, 2.24) is 54.8 Å². The monoisotopic (exact) mass is 660 g/mol. The Balaban J connectivity index is 1.28. The number of aromatic nitrogens is 9. The fourth-order valence-corrected chi connectivity index (χ4v) is 4.85. The number of benzene rings is 1. The van der Waals surface area contributed by atoms with Crippen LogP contribution < -0.4 is 20.1 Å². The van der Waals surface area contributed by atoms with Crippen molar-refractivity contribution < 1.29 is 41.7 Å². The van der Waals surface area contributed by atoms with Gasteiger partial charge in [-0.1, -0.05) is 0 Å². The maximum absolute atomic E-state index is 13.4. The van der Waals surface area contributed by atoms with E-state index in [1.54, 1.807) is 12.3 Å². The number of ether oxygens (including phenoxy) is 2. The minimum Gasteiger partial charge on any atom is -0.465 e. The Labute approximate surface area is 260 Å². The number of fused-ring (bicyclic) bond motifs is 1. The highest BCUT2D eigenvalue weighted by Crippen LogP contribution is 2.38. The standard InChI is InChI=1S/C26H24F4N12O5/c27-24(28)46-15-2-3-19(47-25(29)30)16(8-15)21-18(34-23(43)17-9-33-41-6-1-4-31-22(17)41)12-40(37-21)13-20-35-38-42(36-20)14-10-39(11-14)7-5-32-26(44)45/h1-4,6,8-9,12,14,24-25,32H,5,7,10-11,13H2,(H,34,43)(H,44,45). The second kappa shape index (κ2) is 13.2. The molecular weight excluding hydrogens is 636 g/mol. The molecule has 2 amide bonds. The highest BCUT2D eigenvalue weighted by atomic mass is 19.3. The molecule has 0 atom stereocenters. The van der Waals surface area contributed by atoms with Crippen molar-refractivity contribution in [3.8, 4) is 22.8 Å². The smallest absolute Gasteiger partial charge is 0.404 e. The Hall–Kier alpha value is -5.86. The first-order valence-electron chi connectivity index (χ1n) is 13.8. The minimum absolute atomic E-state index is 0.00408. The number of amides is 2. The number of halogens is 4. The summed E-state index contributed by atoms with van der Waals surface area (Å²) < 4.78 is 64.5. The number of nitrogens with one attached hydrogen (secondary N) is 2. The zero-order chi connectivity index (χ0) is 33.1. The lowest BCUT2D eigenvalue weighted by Crippen LogP contribution is -2.50. The fraction of sp³-hybridized carbons (Fsp3) is 0.308. The van der Waals surface area contributed by atoms with Crippen LogP contribution in [0, 0.1) is 0 Å². The number of anilines is 1. The van der Waals surface area contributed by atoms with Crippen molar-refractivity contribution in [2.24, 2.45) is 0 Å². The molecule has 21 heteroatoms. The number of hydrogen-bond acceptors (Lipinski definition) is 11. The normalized spacial score (nSPS) is 13.7. The maximum Gasteiger partial charge on any atom is 0.404 e. The average molecular weight is 661 g/mol. The Bertz CT molecular complexity index is 1890. The molecule has 5 heterocycles. The van der Waals surface area contributed by atoms with E-state index in [4.69, 9.17) is 5.11 Å². The zero-order valence-corrected chi connectivity index (χ0v) is 24.0. The summed E-state index contributed by atoms with van der Waals surface area (Å²) in [7, 11) is 0. The van der Waals surface area contributed by atoms with E-state index in [1.165, 1.54) is 32.6 Å². The molecule has 47 heavy (non-hydrogen) atoms. The number of alkyl halides is 4. The van der Waals surface area contributed by atoms with Gasteiger partial charge in [0, 0.05) is 44.8 Å². The molecule has 1 saturated heterocycles. The van der Waals surface area contributed by atoms with E-state index in [0.717, 1.165) is 18.2 Å². The lowest BCUT2D eigenvalue weighted by atomic mass is 10.1. The molecule has 246 valence electrons. The summed E-state index contributed by atoms with van der Waals surface area (Å²) in [5.74, 6) is -1.24. The Kier molecular flexibility index (Phi) is 8.77. The quantitative estimate of drug-likeness (QED) is 0.156. The van der Waals surface area contributed by atoms with Crippen molar-refractivity contribution in [1.29, 1.82) is 0 Å². The third-order valence-electron chi connectivity index (χ3n) is 6.92. The zero-order valence-electron chi connectivity index (χ0n) is 24.0. The van der Waals surface area contributed by atoms with Crippen molar-refractivity contribution >= 4 is 23.3 Å². The van der Waals surface area contributed by atoms with E-state index in [9.17, 15) is 27.2 Å². The molecule has 0 aliphatic carbocycles. The van der Waals surface area contributed by atoms with Gasteiger partial charge < -0.3 is 25.2 Å². The summed E-state index contributed by atoms with van der Waals surface area (Å²) in [5.41, 5.74) is 0.0207. The number of carboxylic acid groups (broad SMARTS) is 1.